The predicted molar refractivity (Wildman–Crippen MR) is 79.4 cm³/mol. The van der Waals surface area contributed by atoms with Crippen molar-refractivity contribution in [2.45, 2.75) is 0 Å². The standard InChI is InChI=1S/C13H13NO4S2/c1-16-8-5-4-7(6-9(8)17-2)11-10(12(15)18-3)14-13(19)20-11/h4-6H,1-3H3,(H,14,19). The van der Waals surface area contributed by atoms with E-state index in [0.29, 0.717) is 26.0 Å². The van der Waals surface area contributed by atoms with Crippen LogP contribution in [-0.4, -0.2) is 32.3 Å². The van der Waals surface area contributed by atoms with Crippen molar-refractivity contribution in [1.29, 1.82) is 0 Å². The van der Waals surface area contributed by atoms with Gasteiger partial charge < -0.3 is 19.2 Å². The van der Waals surface area contributed by atoms with Crippen molar-refractivity contribution in [3.63, 3.8) is 0 Å². The molecule has 0 spiro atoms. The fraction of sp³-hybridized carbons (Fsp3) is 0.231. The molecule has 1 aromatic carbocycles. The van der Waals surface area contributed by atoms with E-state index < -0.39 is 5.97 Å². The van der Waals surface area contributed by atoms with E-state index >= 15 is 0 Å². The molecule has 0 fully saturated rings. The summed E-state index contributed by atoms with van der Waals surface area (Å²) in [6.45, 7) is 0. The number of H-pyrrole nitrogens is 1. The number of hydrogen-bond acceptors (Lipinski definition) is 6. The quantitative estimate of drug-likeness (QED) is 0.693. The molecule has 20 heavy (non-hydrogen) atoms. The molecule has 1 N–H and O–H groups in total. The molecule has 0 aliphatic rings. The van der Waals surface area contributed by atoms with Gasteiger partial charge >= 0.3 is 5.97 Å². The molecule has 0 aliphatic carbocycles. The lowest BCUT2D eigenvalue weighted by atomic mass is 10.1. The number of carbonyl (C=O) groups is 1. The topological polar surface area (TPSA) is 60.6 Å². The molecular formula is C13H13NO4S2. The summed E-state index contributed by atoms with van der Waals surface area (Å²) >= 11 is 6.40. The van der Waals surface area contributed by atoms with Crippen molar-refractivity contribution in [3.8, 4) is 21.9 Å². The van der Waals surface area contributed by atoms with Crippen LogP contribution in [0.4, 0.5) is 0 Å². The number of esters is 1. The van der Waals surface area contributed by atoms with Crippen molar-refractivity contribution in [2.75, 3.05) is 21.3 Å². The van der Waals surface area contributed by atoms with E-state index in [0.717, 1.165) is 5.56 Å². The Morgan fingerprint density at radius 2 is 1.90 bits per heavy atom. The Labute approximate surface area is 125 Å². The first-order valence-corrected chi connectivity index (χ1v) is 6.87. The highest BCUT2D eigenvalue weighted by atomic mass is 32.1. The highest BCUT2D eigenvalue weighted by Gasteiger charge is 2.18. The second-order valence-corrected chi connectivity index (χ2v) is 5.47. The Morgan fingerprint density at radius 1 is 1.20 bits per heavy atom. The number of methoxy groups -OCH3 is 3. The van der Waals surface area contributed by atoms with Crippen LogP contribution in [0.15, 0.2) is 18.2 Å². The zero-order valence-corrected chi connectivity index (χ0v) is 12.8. The molecular weight excluding hydrogens is 298 g/mol. The molecule has 0 amide bonds. The van der Waals surface area contributed by atoms with Crippen molar-refractivity contribution in [2.24, 2.45) is 0 Å². The maximum atomic E-state index is 11.7. The summed E-state index contributed by atoms with van der Waals surface area (Å²) < 4.78 is 15.7. The summed E-state index contributed by atoms with van der Waals surface area (Å²) in [6, 6.07) is 5.40. The van der Waals surface area contributed by atoms with Gasteiger partial charge in [0.05, 0.1) is 26.2 Å². The van der Waals surface area contributed by atoms with Gasteiger partial charge in [-0.15, -0.1) is 11.3 Å². The van der Waals surface area contributed by atoms with E-state index in [2.05, 4.69) is 4.98 Å². The van der Waals surface area contributed by atoms with Crippen LogP contribution in [-0.2, 0) is 4.74 Å². The molecule has 0 bridgehead atoms. The van der Waals surface area contributed by atoms with Gasteiger partial charge in [0.1, 0.15) is 5.69 Å². The minimum Gasteiger partial charge on any atom is -0.493 e. The summed E-state index contributed by atoms with van der Waals surface area (Å²) in [6.07, 6.45) is 0. The molecule has 0 aliphatic heterocycles. The Kier molecular flexibility index (Phi) is 4.41. The fourth-order valence-corrected chi connectivity index (χ4v) is 2.93. The molecule has 7 heteroatoms. The van der Waals surface area contributed by atoms with Gasteiger partial charge in [-0.1, -0.05) is 0 Å². The Hall–Kier alpha value is -1.86. The highest BCUT2D eigenvalue weighted by molar-refractivity contribution is 7.73. The van der Waals surface area contributed by atoms with Crippen LogP contribution in [0.3, 0.4) is 0 Å². The molecule has 1 aromatic heterocycles. The first-order chi connectivity index (χ1) is 9.60. The molecule has 0 radical (unpaired) electrons. The average molecular weight is 311 g/mol. The first-order valence-electron chi connectivity index (χ1n) is 5.64. The van der Waals surface area contributed by atoms with Crippen molar-refractivity contribution in [1.82, 2.24) is 4.98 Å². The van der Waals surface area contributed by atoms with Crippen molar-refractivity contribution < 1.29 is 19.0 Å². The van der Waals surface area contributed by atoms with Gasteiger partial charge in [0.15, 0.2) is 15.5 Å². The fourth-order valence-electron chi connectivity index (χ4n) is 1.75. The van der Waals surface area contributed by atoms with E-state index in [1.54, 1.807) is 26.4 Å². The van der Waals surface area contributed by atoms with E-state index in [1.165, 1.54) is 18.4 Å². The third-order valence-electron chi connectivity index (χ3n) is 2.68. The molecule has 0 saturated heterocycles. The van der Waals surface area contributed by atoms with E-state index in [9.17, 15) is 4.79 Å². The van der Waals surface area contributed by atoms with Gasteiger partial charge in [0.2, 0.25) is 0 Å². The summed E-state index contributed by atoms with van der Waals surface area (Å²) in [5.41, 5.74) is 1.15. The lowest BCUT2D eigenvalue weighted by molar-refractivity contribution is 0.0595. The number of aromatic amines is 1. The molecule has 2 rings (SSSR count). The largest absolute Gasteiger partial charge is 0.493 e. The van der Waals surface area contributed by atoms with E-state index in [1.807, 2.05) is 6.07 Å². The van der Waals surface area contributed by atoms with E-state index in [-0.39, 0.29) is 0 Å². The second kappa shape index (κ2) is 6.06. The Bertz CT molecular complexity index is 690. The van der Waals surface area contributed by atoms with E-state index in [4.69, 9.17) is 26.4 Å². The van der Waals surface area contributed by atoms with Gasteiger partial charge in [-0.05, 0) is 36.0 Å². The lowest BCUT2D eigenvalue weighted by Gasteiger charge is -2.09. The maximum absolute atomic E-state index is 11.7. The average Bonchev–Trinajstić information content (AvgIpc) is 2.87. The summed E-state index contributed by atoms with van der Waals surface area (Å²) in [7, 11) is 4.45. The minimum atomic E-state index is -0.456. The number of carbonyl (C=O) groups excluding carboxylic acids is 1. The second-order valence-electron chi connectivity index (χ2n) is 3.78. The molecule has 5 nitrogen and oxygen atoms in total. The Balaban J connectivity index is 2.57. The Morgan fingerprint density at radius 3 is 2.50 bits per heavy atom. The normalized spacial score (nSPS) is 10.2. The van der Waals surface area contributed by atoms with Crippen LogP contribution >= 0.6 is 23.6 Å². The number of nitrogens with one attached hydrogen (secondary N) is 1. The summed E-state index contributed by atoms with van der Waals surface area (Å²) in [4.78, 5) is 15.3. The molecule has 106 valence electrons. The number of hydrogen-bond donors (Lipinski definition) is 1. The molecule has 2 aromatic rings. The summed E-state index contributed by atoms with van der Waals surface area (Å²) in [5.74, 6) is 0.747. The monoisotopic (exact) mass is 311 g/mol. The molecule has 1 heterocycles. The number of rotatable bonds is 4. The predicted octanol–water partition coefficient (Wildman–Crippen LogP) is 3.28. The van der Waals surface area contributed by atoms with Crippen LogP contribution in [0, 0.1) is 3.95 Å². The molecule has 0 atom stereocenters. The van der Waals surface area contributed by atoms with Gasteiger partial charge in [-0.3, -0.25) is 0 Å². The highest BCUT2D eigenvalue weighted by Crippen LogP contribution is 2.36. The number of ether oxygens (including phenoxy) is 3. The molecule has 0 unspecified atom stereocenters. The third-order valence-corrected chi connectivity index (χ3v) is 3.97. The SMILES string of the molecule is COC(=O)c1[nH]c(=S)sc1-c1ccc(OC)c(OC)c1. The van der Waals surface area contributed by atoms with Crippen LogP contribution in [0.25, 0.3) is 10.4 Å². The third kappa shape index (κ3) is 2.68. The van der Waals surface area contributed by atoms with Crippen LogP contribution in [0.5, 0.6) is 11.5 Å². The number of benzene rings is 1. The lowest BCUT2D eigenvalue weighted by Crippen LogP contribution is -2.03. The van der Waals surface area contributed by atoms with Crippen LogP contribution in [0.1, 0.15) is 10.5 Å². The first kappa shape index (κ1) is 14.5. The zero-order valence-electron chi connectivity index (χ0n) is 11.2. The van der Waals surface area contributed by atoms with Gasteiger partial charge in [-0.2, -0.15) is 0 Å². The van der Waals surface area contributed by atoms with Gasteiger partial charge in [0, 0.05) is 0 Å². The zero-order chi connectivity index (χ0) is 14.7. The van der Waals surface area contributed by atoms with Crippen molar-refractivity contribution >= 4 is 29.5 Å². The van der Waals surface area contributed by atoms with Crippen LogP contribution in [0.2, 0.25) is 0 Å². The minimum absolute atomic E-state index is 0.342. The van der Waals surface area contributed by atoms with Gasteiger partial charge in [-0.25, -0.2) is 4.79 Å². The van der Waals surface area contributed by atoms with Crippen LogP contribution < -0.4 is 9.47 Å². The number of aromatic nitrogens is 1. The number of thiazole rings is 1. The molecule has 0 saturated carbocycles. The smallest absolute Gasteiger partial charge is 0.356 e. The maximum Gasteiger partial charge on any atom is 0.356 e. The summed E-state index contributed by atoms with van der Waals surface area (Å²) in [5, 5.41) is 0. The van der Waals surface area contributed by atoms with Crippen molar-refractivity contribution in [3.05, 3.63) is 27.8 Å². The van der Waals surface area contributed by atoms with Gasteiger partial charge in [0.25, 0.3) is 0 Å².